The van der Waals surface area contributed by atoms with Crippen LogP contribution in [-0.2, 0) is 4.74 Å². The van der Waals surface area contributed by atoms with E-state index in [1.807, 2.05) is 56.5 Å². The lowest BCUT2D eigenvalue weighted by Crippen LogP contribution is -2.32. The Bertz CT molecular complexity index is 452. The van der Waals surface area contributed by atoms with Gasteiger partial charge in [-0.25, -0.2) is 4.79 Å². The molecule has 0 radical (unpaired) electrons. The van der Waals surface area contributed by atoms with Crippen molar-refractivity contribution in [3.8, 4) is 0 Å². The molecular weight excluding hydrogens is 294 g/mol. The average molecular weight is 314 g/mol. The van der Waals surface area contributed by atoms with Gasteiger partial charge in [-0.1, -0.05) is 29.4 Å². The van der Waals surface area contributed by atoms with Gasteiger partial charge in [-0.3, -0.25) is 0 Å². The van der Waals surface area contributed by atoms with Gasteiger partial charge < -0.3 is 10.1 Å². The summed E-state index contributed by atoms with van der Waals surface area (Å²) in [5.41, 5.74) is -0.454. The van der Waals surface area contributed by atoms with Crippen LogP contribution in [0.1, 0.15) is 27.2 Å². The molecule has 1 amide bonds. The number of alkyl carbamates (subject to hydrolysis) is 1. The number of hydrogen-bond donors (Lipinski definition) is 1. The summed E-state index contributed by atoms with van der Waals surface area (Å²) in [5, 5.41) is 5.44. The third-order valence-electron chi connectivity index (χ3n) is 2.09. The zero-order valence-corrected chi connectivity index (χ0v) is 13.6. The van der Waals surface area contributed by atoms with Crippen LogP contribution in [0.3, 0.4) is 0 Å². The largest absolute Gasteiger partial charge is 0.444 e. The second kappa shape index (κ2) is 8.22. The minimum atomic E-state index is -0.454. The molecule has 0 aromatic heterocycles. The van der Waals surface area contributed by atoms with Crippen molar-refractivity contribution in [3.05, 3.63) is 40.8 Å². The highest BCUT2D eigenvalue weighted by Gasteiger charge is 2.14. The van der Waals surface area contributed by atoms with Crippen LogP contribution in [-0.4, -0.2) is 18.2 Å². The molecule has 3 nitrogen and oxygen atoms in total. The summed E-state index contributed by atoms with van der Waals surface area (Å²) in [6.07, 6.45) is 2.40. The van der Waals surface area contributed by atoms with Gasteiger partial charge in [0, 0.05) is 16.5 Å². The number of nitrogens with one attached hydrogen (secondary N) is 1. The molecule has 0 unspecified atom stereocenters. The number of thioether (sulfide) groups is 1. The number of benzene rings is 1. The summed E-state index contributed by atoms with van der Waals surface area (Å²) < 4.78 is 5.13. The first-order chi connectivity index (χ1) is 9.37. The summed E-state index contributed by atoms with van der Waals surface area (Å²) in [4.78, 5) is 12.5. The van der Waals surface area contributed by atoms with E-state index < -0.39 is 5.60 Å². The van der Waals surface area contributed by atoms with Crippen LogP contribution in [0.5, 0.6) is 0 Å². The van der Waals surface area contributed by atoms with Crippen molar-refractivity contribution in [3.63, 3.8) is 0 Å². The quantitative estimate of drug-likeness (QED) is 0.623. The molecule has 0 heterocycles. The van der Waals surface area contributed by atoms with Crippen molar-refractivity contribution in [1.82, 2.24) is 5.32 Å². The van der Waals surface area contributed by atoms with Crippen LogP contribution in [0.2, 0.25) is 5.02 Å². The van der Waals surface area contributed by atoms with Crippen molar-refractivity contribution in [2.45, 2.75) is 37.7 Å². The van der Waals surface area contributed by atoms with E-state index in [1.54, 1.807) is 11.8 Å². The van der Waals surface area contributed by atoms with Crippen molar-refractivity contribution in [1.29, 1.82) is 0 Å². The Kier molecular flexibility index (Phi) is 6.96. The fourth-order valence-electron chi connectivity index (χ4n) is 1.28. The normalized spacial score (nSPS) is 11.6. The molecule has 1 aromatic carbocycles. The Balaban J connectivity index is 2.16. The standard InChI is InChI=1S/C15H20ClNO2S/c1-15(2,3)19-14(18)17-10-4-5-11-20-13-8-6-12(16)7-9-13/h5-9,11H,4,10H2,1-3H3,(H,17,18)/b11-5+. The van der Waals surface area contributed by atoms with Gasteiger partial charge in [0.05, 0.1) is 0 Å². The van der Waals surface area contributed by atoms with Gasteiger partial charge in [-0.2, -0.15) is 0 Å². The lowest BCUT2D eigenvalue weighted by atomic mass is 10.2. The van der Waals surface area contributed by atoms with Crippen LogP contribution in [0.25, 0.3) is 0 Å². The van der Waals surface area contributed by atoms with E-state index in [0.29, 0.717) is 6.54 Å². The second-order valence-electron chi connectivity index (χ2n) is 5.16. The van der Waals surface area contributed by atoms with Gasteiger partial charge in [0.1, 0.15) is 5.60 Å². The number of carbonyl (C=O) groups excluding carboxylic acids is 1. The maximum absolute atomic E-state index is 11.4. The van der Waals surface area contributed by atoms with E-state index in [0.717, 1.165) is 16.3 Å². The third-order valence-corrected chi connectivity index (χ3v) is 3.22. The molecule has 5 heteroatoms. The molecular formula is C15H20ClNO2S. The van der Waals surface area contributed by atoms with Crippen molar-refractivity contribution in [2.75, 3.05) is 6.54 Å². The molecule has 0 bridgehead atoms. The Morgan fingerprint density at radius 3 is 2.60 bits per heavy atom. The van der Waals surface area contributed by atoms with Gasteiger partial charge >= 0.3 is 6.09 Å². The van der Waals surface area contributed by atoms with Crippen molar-refractivity contribution in [2.24, 2.45) is 0 Å². The Labute approximate surface area is 129 Å². The smallest absolute Gasteiger partial charge is 0.407 e. The van der Waals surface area contributed by atoms with E-state index >= 15 is 0 Å². The number of carbonyl (C=O) groups is 1. The Morgan fingerprint density at radius 1 is 1.35 bits per heavy atom. The van der Waals surface area contributed by atoms with Crippen LogP contribution in [0.4, 0.5) is 4.79 Å². The van der Waals surface area contributed by atoms with Gasteiger partial charge in [0.15, 0.2) is 0 Å². The molecule has 0 saturated heterocycles. The van der Waals surface area contributed by atoms with Gasteiger partial charge in [0.25, 0.3) is 0 Å². The summed E-state index contributed by atoms with van der Waals surface area (Å²) >= 11 is 7.43. The first-order valence-electron chi connectivity index (χ1n) is 6.41. The highest BCUT2D eigenvalue weighted by Crippen LogP contribution is 2.21. The summed E-state index contributed by atoms with van der Waals surface area (Å²) in [5.74, 6) is 0. The molecule has 0 fully saturated rings. The highest BCUT2D eigenvalue weighted by atomic mass is 35.5. The maximum atomic E-state index is 11.4. The van der Waals surface area contributed by atoms with Gasteiger partial charge in [-0.15, -0.1) is 0 Å². The SMILES string of the molecule is CC(C)(C)OC(=O)NCC/C=C/Sc1ccc(Cl)cc1. The molecule has 0 spiro atoms. The van der Waals surface area contributed by atoms with Crippen LogP contribution in [0, 0.1) is 0 Å². The molecule has 110 valence electrons. The van der Waals surface area contributed by atoms with Crippen LogP contribution in [0.15, 0.2) is 40.6 Å². The van der Waals surface area contributed by atoms with Crippen LogP contribution >= 0.6 is 23.4 Å². The van der Waals surface area contributed by atoms with Gasteiger partial charge in [-0.05, 0) is 56.9 Å². The molecule has 0 saturated carbocycles. The fraction of sp³-hybridized carbons (Fsp3) is 0.400. The molecule has 0 aliphatic heterocycles. The third kappa shape index (κ3) is 8.12. The lowest BCUT2D eigenvalue weighted by Gasteiger charge is -2.19. The number of rotatable bonds is 5. The zero-order valence-electron chi connectivity index (χ0n) is 12.0. The topological polar surface area (TPSA) is 38.3 Å². The Hall–Kier alpha value is -1.13. The van der Waals surface area contributed by atoms with Crippen molar-refractivity contribution < 1.29 is 9.53 Å². The molecule has 1 aromatic rings. The van der Waals surface area contributed by atoms with Crippen molar-refractivity contribution >= 4 is 29.5 Å². The predicted molar refractivity (Wildman–Crippen MR) is 85.3 cm³/mol. The summed E-state index contributed by atoms with van der Waals surface area (Å²) in [7, 11) is 0. The zero-order chi connectivity index (χ0) is 15.0. The lowest BCUT2D eigenvalue weighted by molar-refractivity contribution is 0.0529. The predicted octanol–water partition coefficient (Wildman–Crippen LogP) is 4.86. The summed E-state index contributed by atoms with van der Waals surface area (Å²) in [6, 6.07) is 7.66. The monoisotopic (exact) mass is 313 g/mol. The van der Waals surface area contributed by atoms with Crippen LogP contribution < -0.4 is 5.32 Å². The molecule has 0 aliphatic rings. The first kappa shape index (κ1) is 16.9. The van der Waals surface area contributed by atoms with E-state index in [1.165, 1.54) is 0 Å². The van der Waals surface area contributed by atoms with Gasteiger partial charge in [0.2, 0.25) is 0 Å². The Morgan fingerprint density at radius 2 is 2.00 bits per heavy atom. The number of ether oxygens (including phenoxy) is 1. The minimum Gasteiger partial charge on any atom is -0.444 e. The van der Waals surface area contributed by atoms with E-state index in [4.69, 9.17) is 16.3 Å². The minimum absolute atomic E-state index is 0.378. The number of amides is 1. The fourth-order valence-corrected chi connectivity index (χ4v) is 2.09. The second-order valence-corrected chi connectivity index (χ2v) is 6.58. The molecule has 0 atom stereocenters. The van der Waals surface area contributed by atoms with E-state index in [9.17, 15) is 4.79 Å². The summed E-state index contributed by atoms with van der Waals surface area (Å²) in [6.45, 7) is 6.09. The number of hydrogen-bond acceptors (Lipinski definition) is 3. The maximum Gasteiger partial charge on any atom is 0.407 e. The molecule has 0 aliphatic carbocycles. The molecule has 1 rings (SSSR count). The molecule has 20 heavy (non-hydrogen) atoms. The number of halogens is 1. The first-order valence-corrected chi connectivity index (χ1v) is 7.67. The van der Waals surface area contributed by atoms with E-state index in [-0.39, 0.29) is 6.09 Å². The average Bonchev–Trinajstić information content (AvgIpc) is 2.33. The van der Waals surface area contributed by atoms with E-state index in [2.05, 4.69) is 5.32 Å². The highest BCUT2D eigenvalue weighted by molar-refractivity contribution is 8.02. The molecule has 1 N–H and O–H groups in total.